The van der Waals surface area contributed by atoms with Gasteiger partial charge in [-0.25, -0.2) is 14.4 Å². The van der Waals surface area contributed by atoms with Crippen LogP contribution in [0.25, 0.3) is 11.3 Å². The maximum absolute atomic E-state index is 14.5. The van der Waals surface area contributed by atoms with Crippen molar-refractivity contribution in [2.75, 3.05) is 24.2 Å². The molecule has 5 rings (SSSR count). The van der Waals surface area contributed by atoms with Gasteiger partial charge in [0.15, 0.2) is 0 Å². The van der Waals surface area contributed by atoms with Crippen molar-refractivity contribution in [2.45, 2.75) is 43.6 Å². The molecule has 0 aliphatic carbocycles. The Labute approximate surface area is 200 Å². The molecule has 2 aromatic heterocycles. The van der Waals surface area contributed by atoms with Crippen LogP contribution in [0.15, 0.2) is 47.8 Å². The fourth-order valence-corrected chi connectivity index (χ4v) is 5.60. The summed E-state index contributed by atoms with van der Waals surface area (Å²) in [6.07, 6.45) is 10.9. The van der Waals surface area contributed by atoms with Crippen molar-refractivity contribution < 1.29 is 13.3 Å². The molecule has 1 fully saturated rings. The van der Waals surface area contributed by atoms with Gasteiger partial charge in [-0.2, -0.15) is 0 Å². The maximum Gasteiger partial charge on any atom is 0.225 e. The normalized spacial score (nSPS) is 20.0. The summed E-state index contributed by atoms with van der Waals surface area (Å²) in [6, 6.07) is 6.66. The molecule has 4 heterocycles. The van der Waals surface area contributed by atoms with Crippen LogP contribution in [-0.2, 0) is 22.4 Å². The van der Waals surface area contributed by atoms with Gasteiger partial charge in [-0.15, -0.1) is 0 Å². The molecule has 1 saturated heterocycles. The molecular weight excluding hydrogens is 451 g/mol. The summed E-state index contributed by atoms with van der Waals surface area (Å²) in [6.45, 7) is 3.92. The smallest absolute Gasteiger partial charge is 0.225 e. The van der Waals surface area contributed by atoms with Crippen LogP contribution in [0.4, 0.5) is 10.3 Å². The lowest BCUT2D eigenvalue weighted by molar-refractivity contribution is 0.138. The van der Waals surface area contributed by atoms with Gasteiger partial charge in [0.25, 0.3) is 0 Å². The van der Waals surface area contributed by atoms with Gasteiger partial charge in [0.1, 0.15) is 17.7 Å². The second kappa shape index (κ2) is 8.98. The molecule has 0 bridgehead atoms. The number of anilines is 1. The lowest BCUT2D eigenvalue weighted by Crippen LogP contribution is -2.40. The van der Waals surface area contributed by atoms with Crippen molar-refractivity contribution in [2.24, 2.45) is 5.92 Å². The predicted molar refractivity (Wildman–Crippen MR) is 134 cm³/mol. The zero-order chi connectivity index (χ0) is 23.9. The fraction of sp³-hybridized carbons (Fsp3) is 0.385. The van der Waals surface area contributed by atoms with Gasteiger partial charge in [-0.05, 0) is 64.3 Å². The minimum atomic E-state index is -2.61. The van der Waals surface area contributed by atoms with E-state index in [0.717, 1.165) is 61.6 Å². The van der Waals surface area contributed by atoms with Gasteiger partial charge in [0, 0.05) is 49.3 Å². The number of fused-ring (bicyclic) bond motifs is 1. The van der Waals surface area contributed by atoms with Crippen LogP contribution in [0.3, 0.4) is 0 Å². The molecule has 2 unspecified atom stereocenters. The third kappa shape index (κ3) is 4.51. The molecule has 2 atom stereocenters. The van der Waals surface area contributed by atoms with E-state index in [1.54, 1.807) is 18.3 Å². The molecule has 2 aliphatic heterocycles. The Hall–Kier alpha value is -3.00. The average Bonchev–Trinajstić information content (AvgIpc) is 3.27. The van der Waals surface area contributed by atoms with Crippen LogP contribution >= 0.6 is 0 Å². The lowest BCUT2D eigenvalue weighted by atomic mass is 9.89. The highest BCUT2D eigenvalue weighted by atomic mass is 32.2. The van der Waals surface area contributed by atoms with Crippen LogP contribution in [0.5, 0.6) is 5.75 Å². The predicted octanol–water partition coefficient (Wildman–Crippen LogP) is 4.17. The van der Waals surface area contributed by atoms with Crippen LogP contribution in [-0.4, -0.2) is 50.5 Å². The standard InChI is InChI=1S/C26H29FN4O2S/c1-4-17-14-29-26(30-15-17)31-9-7-18(8-10-31)23-13-20-12-22(28-16-24(20)33-23)19-5-6-25(21(27)11-19)34(2,3)32/h5-6,11-12,14-16,18,23H,2,4,7-10,13H2,1,3H3. The van der Waals surface area contributed by atoms with E-state index in [4.69, 9.17) is 4.74 Å². The molecule has 0 spiro atoms. The Bertz CT molecular complexity index is 1300. The average molecular weight is 481 g/mol. The Morgan fingerprint density at radius 3 is 2.53 bits per heavy atom. The Kier molecular flexibility index (Phi) is 6.02. The van der Waals surface area contributed by atoms with Gasteiger partial charge < -0.3 is 9.64 Å². The van der Waals surface area contributed by atoms with Crippen LogP contribution < -0.4 is 9.64 Å². The first-order valence-electron chi connectivity index (χ1n) is 11.7. The van der Waals surface area contributed by atoms with Crippen molar-refractivity contribution in [1.82, 2.24) is 15.0 Å². The van der Waals surface area contributed by atoms with Gasteiger partial charge >= 0.3 is 0 Å². The third-order valence-electron chi connectivity index (χ3n) is 6.79. The Morgan fingerprint density at radius 2 is 1.88 bits per heavy atom. The van der Waals surface area contributed by atoms with E-state index >= 15 is 0 Å². The quantitative estimate of drug-likeness (QED) is 0.511. The largest absolute Gasteiger partial charge is 0.488 e. The summed E-state index contributed by atoms with van der Waals surface area (Å²) in [7, 11) is -2.61. The van der Waals surface area contributed by atoms with E-state index in [1.165, 1.54) is 12.3 Å². The molecule has 0 radical (unpaired) electrons. The summed E-state index contributed by atoms with van der Waals surface area (Å²) >= 11 is 0. The maximum atomic E-state index is 14.5. The second-order valence-electron chi connectivity index (χ2n) is 9.26. The zero-order valence-corrected chi connectivity index (χ0v) is 20.4. The van der Waals surface area contributed by atoms with Crippen molar-refractivity contribution in [3.63, 3.8) is 0 Å². The van der Waals surface area contributed by atoms with Gasteiger partial charge in [0.2, 0.25) is 5.95 Å². The number of hydrogen-bond acceptors (Lipinski definition) is 6. The zero-order valence-electron chi connectivity index (χ0n) is 19.5. The molecule has 0 saturated carbocycles. The summed E-state index contributed by atoms with van der Waals surface area (Å²) in [5, 5.41) is 0. The van der Waals surface area contributed by atoms with Gasteiger partial charge in [0.05, 0.1) is 16.8 Å². The van der Waals surface area contributed by atoms with E-state index < -0.39 is 15.3 Å². The van der Waals surface area contributed by atoms with E-state index in [-0.39, 0.29) is 11.0 Å². The minimum Gasteiger partial charge on any atom is -0.488 e. The molecular formula is C26H29FN4O2S. The summed E-state index contributed by atoms with van der Waals surface area (Å²) in [5.74, 6) is 5.12. The van der Waals surface area contributed by atoms with E-state index in [9.17, 15) is 8.60 Å². The van der Waals surface area contributed by atoms with E-state index in [0.29, 0.717) is 17.2 Å². The molecule has 2 aliphatic rings. The van der Waals surface area contributed by atoms with Crippen LogP contribution in [0, 0.1) is 11.7 Å². The highest BCUT2D eigenvalue weighted by Crippen LogP contribution is 2.37. The van der Waals surface area contributed by atoms with Crippen molar-refractivity contribution in [1.29, 1.82) is 0 Å². The number of hydrogen-bond donors (Lipinski definition) is 0. The fourth-order valence-electron chi connectivity index (χ4n) is 4.77. The van der Waals surface area contributed by atoms with Crippen molar-refractivity contribution >= 4 is 21.3 Å². The summed E-state index contributed by atoms with van der Waals surface area (Å²) < 4.78 is 32.9. The Balaban J connectivity index is 1.25. The van der Waals surface area contributed by atoms with Crippen molar-refractivity contribution in [3.05, 3.63) is 59.8 Å². The molecule has 34 heavy (non-hydrogen) atoms. The number of aryl methyl sites for hydroxylation is 1. The highest BCUT2D eigenvalue weighted by Gasteiger charge is 2.34. The molecule has 178 valence electrons. The molecule has 6 nitrogen and oxygen atoms in total. The van der Waals surface area contributed by atoms with Crippen molar-refractivity contribution in [3.8, 4) is 17.0 Å². The molecule has 0 N–H and O–H groups in total. The first kappa shape index (κ1) is 22.8. The summed E-state index contributed by atoms with van der Waals surface area (Å²) in [5.41, 5.74) is 3.58. The topological polar surface area (TPSA) is 68.2 Å². The monoisotopic (exact) mass is 480 g/mol. The number of piperidine rings is 1. The Morgan fingerprint density at radius 1 is 1.15 bits per heavy atom. The first-order valence-corrected chi connectivity index (χ1v) is 13.8. The molecule has 3 aromatic rings. The summed E-state index contributed by atoms with van der Waals surface area (Å²) in [4.78, 5) is 15.9. The highest BCUT2D eigenvalue weighted by molar-refractivity contribution is 7.99. The van der Waals surface area contributed by atoms with E-state index in [1.807, 2.05) is 18.5 Å². The van der Waals surface area contributed by atoms with Crippen LogP contribution in [0.1, 0.15) is 30.9 Å². The van der Waals surface area contributed by atoms with Gasteiger partial charge in [-0.3, -0.25) is 9.19 Å². The lowest BCUT2D eigenvalue weighted by Gasteiger charge is -2.34. The number of ether oxygens (including phenoxy) is 1. The minimum absolute atomic E-state index is 0.118. The third-order valence-corrected chi connectivity index (χ3v) is 8.05. The van der Waals surface area contributed by atoms with Gasteiger partial charge in [-0.1, -0.05) is 13.0 Å². The number of nitrogens with zero attached hydrogens (tertiary/aromatic N) is 4. The number of rotatable bonds is 5. The first-order chi connectivity index (χ1) is 16.3. The van der Waals surface area contributed by atoms with Crippen LogP contribution in [0.2, 0.25) is 0 Å². The van der Waals surface area contributed by atoms with E-state index in [2.05, 4.69) is 32.6 Å². The molecule has 0 amide bonds. The SMILES string of the molecule is C=S(C)(=O)c1ccc(-c2cc3c(cn2)OC(C2CCN(c4ncc(CC)cn4)CC2)C3)cc1F. The number of pyridine rings is 1. The molecule has 1 aromatic carbocycles. The number of aromatic nitrogens is 3. The number of benzene rings is 1. The molecule has 8 heteroatoms. The second-order valence-corrected chi connectivity index (χ2v) is 11.7. The number of halogens is 1.